The Labute approximate surface area is 263 Å². The monoisotopic (exact) mass is 628 g/mol. The topological polar surface area (TPSA) is 163 Å². The van der Waals surface area contributed by atoms with Crippen molar-refractivity contribution in [2.24, 2.45) is 53.3 Å². The molecule has 0 radical (unpaired) electrons. The third kappa shape index (κ3) is 6.26. The van der Waals surface area contributed by atoms with E-state index in [9.17, 15) is 35.1 Å². The van der Waals surface area contributed by atoms with E-state index >= 15 is 0 Å². The molecule has 0 spiro atoms. The molecule has 10 nitrogen and oxygen atoms in total. The van der Waals surface area contributed by atoms with Crippen molar-refractivity contribution < 1.29 is 49.3 Å². The van der Waals surface area contributed by atoms with Gasteiger partial charge in [0.05, 0.1) is 35.6 Å². The molecule has 0 aliphatic carbocycles. The first-order valence-electron chi connectivity index (χ1n) is 16.8. The van der Waals surface area contributed by atoms with Gasteiger partial charge in [-0.2, -0.15) is 0 Å². The average molecular weight is 629 g/mol. The van der Waals surface area contributed by atoms with Gasteiger partial charge >= 0.3 is 5.97 Å². The first kappa shape index (κ1) is 37.3. The summed E-state index contributed by atoms with van der Waals surface area (Å²) in [6.45, 7) is 20.2. The van der Waals surface area contributed by atoms with Gasteiger partial charge in [-0.1, -0.05) is 55.4 Å². The molecule has 3 heterocycles. The van der Waals surface area contributed by atoms with Crippen LogP contribution in [0.4, 0.5) is 0 Å². The van der Waals surface area contributed by atoms with E-state index in [1.54, 1.807) is 27.7 Å². The van der Waals surface area contributed by atoms with E-state index in [1.165, 1.54) is 6.92 Å². The fourth-order valence-electron chi connectivity index (χ4n) is 9.28. The number of carboxylic acid groups (broad SMARTS) is 1. The highest BCUT2D eigenvalue weighted by molar-refractivity contribution is 5.84. The van der Waals surface area contributed by atoms with Crippen molar-refractivity contribution >= 4 is 11.8 Å². The van der Waals surface area contributed by atoms with E-state index in [4.69, 9.17) is 14.2 Å². The number of carbonyl (C=O) groups is 2. The smallest absolute Gasteiger partial charge is 0.311 e. The summed E-state index contributed by atoms with van der Waals surface area (Å²) in [6.07, 6.45) is -1.90. The molecule has 0 aromatic rings. The van der Waals surface area contributed by atoms with Gasteiger partial charge in [0.2, 0.25) is 0 Å². The minimum absolute atomic E-state index is 0.00561. The molecule has 3 rings (SSSR count). The first-order chi connectivity index (χ1) is 20.2. The summed E-state index contributed by atoms with van der Waals surface area (Å²) in [5, 5.41) is 54.1. The Morgan fingerprint density at radius 1 is 0.932 bits per heavy atom. The highest BCUT2D eigenvalue weighted by Gasteiger charge is 2.63. The molecule has 44 heavy (non-hydrogen) atoms. The number of rotatable bonds is 12. The van der Waals surface area contributed by atoms with Crippen LogP contribution in [0.1, 0.15) is 102 Å². The van der Waals surface area contributed by atoms with Crippen LogP contribution in [-0.4, -0.2) is 85.0 Å². The number of carboxylic acids is 1. The second kappa shape index (κ2) is 13.5. The Morgan fingerprint density at radius 3 is 2.00 bits per heavy atom. The first-order valence-corrected chi connectivity index (χ1v) is 16.8. The van der Waals surface area contributed by atoms with Gasteiger partial charge in [-0.05, 0) is 64.2 Å². The van der Waals surface area contributed by atoms with Crippen LogP contribution in [0.25, 0.3) is 0 Å². The van der Waals surface area contributed by atoms with Crippen LogP contribution < -0.4 is 0 Å². The molecule has 3 aliphatic rings. The largest absolute Gasteiger partial charge is 0.481 e. The predicted octanol–water partition coefficient (Wildman–Crippen LogP) is 4.00. The quantitative estimate of drug-likeness (QED) is 0.214. The maximum Gasteiger partial charge on any atom is 0.311 e. The van der Waals surface area contributed by atoms with Crippen molar-refractivity contribution in [3.63, 3.8) is 0 Å². The lowest BCUT2D eigenvalue weighted by Crippen LogP contribution is -2.58. The molecule has 0 saturated carbocycles. The summed E-state index contributed by atoms with van der Waals surface area (Å²) in [5.41, 5.74) is -1.68. The van der Waals surface area contributed by atoms with Gasteiger partial charge in [0.15, 0.2) is 12.1 Å². The van der Waals surface area contributed by atoms with E-state index in [2.05, 4.69) is 0 Å². The predicted molar refractivity (Wildman–Crippen MR) is 164 cm³/mol. The molecule has 0 aromatic heterocycles. The summed E-state index contributed by atoms with van der Waals surface area (Å²) in [4.78, 5) is 25.8. The molecule has 0 amide bonds. The standard InChI is InChI=1S/C34H60O10/c1-12-24(29-17(4)15-32(11,42-29)25-21(8)33(13-2,23(10)35)44-31(25)40)27(37)19(6)26(36)20(7)28-16(3)14-18(5)34(41,43-28)22(9)30(38)39/h16-26,28-29,31,35-36,40-41H,12-15H2,1-11H3,(H,38,39)/t16-,17-,18+,19-,20+,21-,22+,23+,24+,25?,26+,28-,29-,31-,32?,33+,34-/m0/s1. The van der Waals surface area contributed by atoms with Gasteiger partial charge in [-0.3, -0.25) is 9.59 Å². The van der Waals surface area contributed by atoms with Crippen molar-refractivity contribution in [2.75, 3.05) is 0 Å². The van der Waals surface area contributed by atoms with Gasteiger partial charge in [0.25, 0.3) is 0 Å². The van der Waals surface area contributed by atoms with Gasteiger partial charge in [-0.25, -0.2) is 0 Å². The van der Waals surface area contributed by atoms with E-state index in [1.807, 2.05) is 41.5 Å². The number of aliphatic hydroxyl groups is 4. The lowest BCUT2D eigenvalue weighted by atomic mass is 9.69. The maximum atomic E-state index is 14.1. The minimum Gasteiger partial charge on any atom is -0.481 e. The maximum absolute atomic E-state index is 14.1. The number of Topliss-reactive ketones (excluding diaryl/α,β-unsaturated/α-hetero) is 1. The molecule has 0 bridgehead atoms. The molecule has 0 aromatic carbocycles. The number of hydrogen-bond acceptors (Lipinski definition) is 9. The van der Waals surface area contributed by atoms with E-state index in [-0.39, 0.29) is 23.5 Å². The van der Waals surface area contributed by atoms with Crippen LogP contribution in [-0.2, 0) is 23.8 Å². The summed E-state index contributed by atoms with van der Waals surface area (Å²) in [5.74, 6) is -7.24. The molecule has 3 saturated heterocycles. The van der Waals surface area contributed by atoms with Crippen LogP contribution in [0.5, 0.6) is 0 Å². The van der Waals surface area contributed by atoms with Crippen LogP contribution in [0.2, 0.25) is 0 Å². The van der Waals surface area contributed by atoms with Crippen LogP contribution in [0, 0.1) is 53.3 Å². The van der Waals surface area contributed by atoms with Crippen LogP contribution >= 0.6 is 0 Å². The average Bonchev–Trinajstić information content (AvgIpc) is 3.40. The summed E-state index contributed by atoms with van der Waals surface area (Å²) in [7, 11) is 0. The third-order valence-electron chi connectivity index (χ3n) is 12.1. The van der Waals surface area contributed by atoms with Crippen LogP contribution in [0.3, 0.4) is 0 Å². The Hall–Kier alpha value is -1.14. The second-order valence-electron chi connectivity index (χ2n) is 14.9. The summed E-state index contributed by atoms with van der Waals surface area (Å²) < 4.78 is 18.9. The van der Waals surface area contributed by atoms with Crippen molar-refractivity contribution in [2.45, 2.75) is 150 Å². The summed E-state index contributed by atoms with van der Waals surface area (Å²) in [6, 6.07) is 0. The molecule has 3 aliphatic heterocycles. The molecule has 17 atom stereocenters. The highest BCUT2D eigenvalue weighted by Crippen LogP contribution is 2.54. The number of aliphatic hydroxyl groups excluding tert-OH is 3. The van der Waals surface area contributed by atoms with Crippen molar-refractivity contribution in [3.8, 4) is 0 Å². The minimum atomic E-state index is -1.89. The van der Waals surface area contributed by atoms with Gasteiger partial charge < -0.3 is 39.7 Å². The molecular weight excluding hydrogens is 568 g/mol. The number of hydrogen-bond donors (Lipinski definition) is 5. The number of carbonyl (C=O) groups excluding carboxylic acids is 1. The Kier molecular flexibility index (Phi) is 11.5. The number of ether oxygens (including phenoxy) is 3. The van der Waals surface area contributed by atoms with E-state index in [0.29, 0.717) is 25.7 Å². The molecule has 2 unspecified atom stereocenters. The zero-order chi connectivity index (χ0) is 33.7. The Morgan fingerprint density at radius 2 is 1.52 bits per heavy atom. The molecule has 5 N–H and O–H groups in total. The normalized spacial score (nSPS) is 45.3. The van der Waals surface area contributed by atoms with Crippen LogP contribution in [0.15, 0.2) is 0 Å². The van der Waals surface area contributed by atoms with Gasteiger partial charge in [0, 0.05) is 29.6 Å². The van der Waals surface area contributed by atoms with Crippen molar-refractivity contribution in [3.05, 3.63) is 0 Å². The molecular formula is C34H60O10. The van der Waals surface area contributed by atoms with E-state index in [0.717, 1.165) is 0 Å². The number of ketones is 1. The Balaban J connectivity index is 1.79. The fraction of sp³-hybridized carbons (Fsp3) is 0.941. The Bertz CT molecular complexity index is 1020. The van der Waals surface area contributed by atoms with Gasteiger partial charge in [-0.15, -0.1) is 0 Å². The molecule has 3 fully saturated rings. The second-order valence-corrected chi connectivity index (χ2v) is 14.9. The third-order valence-corrected chi connectivity index (χ3v) is 12.1. The highest BCUT2D eigenvalue weighted by atomic mass is 16.6. The lowest BCUT2D eigenvalue weighted by molar-refractivity contribution is -0.323. The SMILES string of the molecule is CC[C@H](C(=O)[C@@H](C)[C@@H](O)[C@@H](C)[C@H]1O[C@](O)([C@H](C)C(=O)O)[C@H](C)C[C@@H]1C)[C@H]1OC(C)(C2[C@@H](O)O[C@@](CC)([C@@H](C)O)[C@H]2C)C[C@@H]1C. The van der Waals surface area contributed by atoms with Gasteiger partial charge in [0.1, 0.15) is 11.7 Å². The fourth-order valence-corrected chi connectivity index (χ4v) is 9.28. The molecule has 10 heteroatoms. The lowest BCUT2D eigenvalue weighted by Gasteiger charge is -2.49. The van der Waals surface area contributed by atoms with E-state index < -0.39 is 89.2 Å². The number of aliphatic carboxylic acids is 1. The van der Waals surface area contributed by atoms with Crippen molar-refractivity contribution in [1.82, 2.24) is 0 Å². The summed E-state index contributed by atoms with van der Waals surface area (Å²) >= 11 is 0. The zero-order valence-electron chi connectivity index (χ0n) is 28.7. The zero-order valence-corrected chi connectivity index (χ0v) is 28.7. The molecule has 256 valence electrons. The van der Waals surface area contributed by atoms with Crippen molar-refractivity contribution in [1.29, 1.82) is 0 Å².